The number of aryl methyl sites for hydroxylation is 1. The van der Waals surface area contributed by atoms with Gasteiger partial charge in [0.25, 0.3) is 0 Å². The Morgan fingerprint density at radius 3 is 2.26 bits per heavy atom. The number of benzene rings is 3. The maximum atomic E-state index is 5.15. The fourth-order valence-corrected chi connectivity index (χ4v) is 5.29. The number of fused-ring (bicyclic) bond motifs is 5. The summed E-state index contributed by atoms with van der Waals surface area (Å²) in [7, 11) is 0. The molecule has 2 heterocycles. The van der Waals surface area contributed by atoms with Gasteiger partial charge < -0.3 is 0 Å². The molecule has 27 heavy (non-hydrogen) atoms. The van der Waals surface area contributed by atoms with Gasteiger partial charge in [-0.05, 0) is 68.1 Å². The standard InChI is InChI=1S/C25H21NS/c1-14-13-20(17(4)16(3)15(14)2)24-25-23(18-9-5-7-11-21(18)26-24)19-10-6-8-12-22(19)27-25/h5-13H,1-4H3. The molecule has 0 N–H and O–H groups in total. The SMILES string of the molecule is Cc1cc(-c2nc3ccccc3c3c2sc2ccccc23)c(C)c(C)c1C. The molecule has 0 aliphatic heterocycles. The van der Waals surface area contributed by atoms with Crippen molar-refractivity contribution in [2.24, 2.45) is 0 Å². The number of rotatable bonds is 1. The van der Waals surface area contributed by atoms with Gasteiger partial charge in [-0.15, -0.1) is 11.3 Å². The summed E-state index contributed by atoms with van der Waals surface area (Å²) < 4.78 is 2.62. The molecule has 0 spiro atoms. The Morgan fingerprint density at radius 1 is 0.741 bits per heavy atom. The quantitative estimate of drug-likeness (QED) is 0.299. The fraction of sp³-hybridized carbons (Fsp3) is 0.160. The minimum absolute atomic E-state index is 1.07. The van der Waals surface area contributed by atoms with E-state index < -0.39 is 0 Å². The normalized spacial score (nSPS) is 11.7. The van der Waals surface area contributed by atoms with E-state index in [9.17, 15) is 0 Å². The number of thiophene rings is 1. The van der Waals surface area contributed by atoms with Crippen LogP contribution in [-0.2, 0) is 0 Å². The Balaban J connectivity index is 2.02. The third-order valence-electron chi connectivity index (χ3n) is 5.95. The summed E-state index contributed by atoms with van der Waals surface area (Å²) in [6.45, 7) is 8.87. The maximum Gasteiger partial charge on any atom is 0.0891 e. The van der Waals surface area contributed by atoms with Crippen molar-refractivity contribution in [3.63, 3.8) is 0 Å². The van der Waals surface area contributed by atoms with Gasteiger partial charge in [-0.3, -0.25) is 0 Å². The van der Waals surface area contributed by atoms with Crippen LogP contribution in [-0.4, -0.2) is 4.98 Å². The van der Waals surface area contributed by atoms with Crippen LogP contribution < -0.4 is 0 Å². The van der Waals surface area contributed by atoms with E-state index in [0.29, 0.717) is 0 Å². The first-order valence-corrected chi connectivity index (χ1v) is 10.2. The lowest BCUT2D eigenvalue weighted by molar-refractivity contribution is 1.21. The Labute approximate surface area is 163 Å². The molecule has 0 saturated carbocycles. The van der Waals surface area contributed by atoms with Crippen LogP contribution in [0.2, 0.25) is 0 Å². The highest BCUT2D eigenvalue weighted by Gasteiger charge is 2.18. The van der Waals surface area contributed by atoms with Gasteiger partial charge in [-0.25, -0.2) is 4.98 Å². The van der Waals surface area contributed by atoms with Crippen LogP contribution in [0.15, 0.2) is 54.6 Å². The van der Waals surface area contributed by atoms with Gasteiger partial charge in [0, 0.05) is 26.4 Å². The molecule has 5 aromatic rings. The largest absolute Gasteiger partial charge is 0.246 e. The lowest BCUT2D eigenvalue weighted by Crippen LogP contribution is -1.96. The van der Waals surface area contributed by atoms with Crippen molar-refractivity contribution in [2.75, 3.05) is 0 Å². The predicted octanol–water partition coefficient (Wildman–Crippen LogP) is 7.50. The highest BCUT2D eigenvalue weighted by atomic mass is 32.1. The van der Waals surface area contributed by atoms with Crippen LogP contribution >= 0.6 is 11.3 Å². The number of para-hydroxylation sites is 1. The van der Waals surface area contributed by atoms with Crippen molar-refractivity contribution in [3.05, 3.63) is 76.9 Å². The molecule has 0 fully saturated rings. The van der Waals surface area contributed by atoms with E-state index in [1.807, 2.05) is 11.3 Å². The van der Waals surface area contributed by atoms with Crippen LogP contribution in [0.4, 0.5) is 0 Å². The average molecular weight is 368 g/mol. The van der Waals surface area contributed by atoms with E-state index in [1.54, 1.807) is 0 Å². The summed E-state index contributed by atoms with van der Waals surface area (Å²) in [5.74, 6) is 0. The fourth-order valence-electron chi connectivity index (χ4n) is 4.07. The smallest absolute Gasteiger partial charge is 0.0891 e. The maximum absolute atomic E-state index is 5.15. The second kappa shape index (κ2) is 5.90. The summed E-state index contributed by atoms with van der Waals surface area (Å²) in [6.07, 6.45) is 0. The van der Waals surface area contributed by atoms with Crippen molar-refractivity contribution in [1.29, 1.82) is 0 Å². The monoisotopic (exact) mass is 367 g/mol. The van der Waals surface area contributed by atoms with E-state index in [0.717, 1.165) is 11.2 Å². The highest BCUT2D eigenvalue weighted by molar-refractivity contribution is 7.26. The van der Waals surface area contributed by atoms with E-state index in [4.69, 9.17) is 4.98 Å². The number of aromatic nitrogens is 1. The Morgan fingerprint density at radius 2 is 1.44 bits per heavy atom. The van der Waals surface area contributed by atoms with Crippen molar-refractivity contribution < 1.29 is 0 Å². The topological polar surface area (TPSA) is 12.9 Å². The van der Waals surface area contributed by atoms with Crippen molar-refractivity contribution >= 4 is 42.4 Å². The van der Waals surface area contributed by atoms with Gasteiger partial charge in [-0.2, -0.15) is 0 Å². The van der Waals surface area contributed by atoms with Crippen molar-refractivity contribution in [2.45, 2.75) is 27.7 Å². The Kier molecular flexibility index (Phi) is 3.60. The molecule has 0 saturated heterocycles. The Hall–Kier alpha value is -2.71. The molecule has 2 heteroatoms. The first-order chi connectivity index (χ1) is 13.1. The van der Waals surface area contributed by atoms with Gasteiger partial charge in [0.1, 0.15) is 0 Å². The number of hydrogen-bond acceptors (Lipinski definition) is 2. The van der Waals surface area contributed by atoms with Gasteiger partial charge >= 0.3 is 0 Å². The molecule has 5 rings (SSSR count). The molecule has 0 radical (unpaired) electrons. The van der Waals surface area contributed by atoms with Gasteiger partial charge in [-0.1, -0.05) is 36.4 Å². The zero-order chi connectivity index (χ0) is 18.7. The van der Waals surface area contributed by atoms with Crippen LogP contribution in [0, 0.1) is 27.7 Å². The van der Waals surface area contributed by atoms with Crippen LogP contribution in [0.1, 0.15) is 22.3 Å². The molecule has 3 aromatic carbocycles. The van der Waals surface area contributed by atoms with Crippen LogP contribution in [0.25, 0.3) is 42.3 Å². The predicted molar refractivity (Wildman–Crippen MR) is 119 cm³/mol. The second-order valence-corrected chi connectivity index (χ2v) is 8.45. The number of nitrogens with zero attached hydrogens (tertiary/aromatic N) is 1. The molecular formula is C25H21NS. The van der Waals surface area contributed by atoms with E-state index in [-0.39, 0.29) is 0 Å². The molecule has 0 aliphatic rings. The number of hydrogen-bond donors (Lipinski definition) is 0. The molecule has 0 unspecified atom stereocenters. The molecule has 132 valence electrons. The van der Waals surface area contributed by atoms with Crippen molar-refractivity contribution in [3.8, 4) is 11.3 Å². The summed E-state index contributed by atoms with van der Waals surface area (Å²) in [6, 6.07) is 19.6. The molecular weight excluding hydrogens is 346 g/mol. The molecule has 0 amide bonds. The summed E-state index contributed by atoms with van der Waals surface area (Å²) in [5.41, 5.74) is 8.86. The van der Waals surface area contributed by atoms with Gasteiger partial charge in [0.15, 0.2) is 0 Å². The lowest BCUT2D eigenvalue weighted by atomic mass is 9.92. The van der Waals surface area contributed by atoms with Crippen LogP contribution in [0.3, 0.4) is 0 Å². The lowest BCUT2D eigenvalue weighted by Gasteiger charge is -2.15. The van der Waals surface area contributed by atoms with E-state index >= 15 is 0 Å². The molecule has 1 nitrogen and oxygen atoms in total. The summed E-state index contributed by atoms with van der Waals surface area (Å²) in [5, 5.41) is 3.91. The molecule has 2 aromatic heterocycles. The molecule has 0 aliphatic carbocycles. The van der Waals surface area contributed by atoms with E-state index in [1.165, 1.54) is 53.4 Å². The van der Waals surface area contributed by atoms with Crippen molar-refractivity contribution in [1.82, 2.24) is 4.98 Å². The zero-order valence-corrected chi connectivity index (χ0v) is 16.9. The highest BCUT2D eigenvalue weighted by Crippen LogP contribution is 2.43. The van der Waals surface area contributed by atoms with Gasteiger partial charge in [0.05, 0.1) is 15.9 Å². The Bertz CT molecular complexity index is 1360. The third kappa shape index (κ3) is 2.33. The number of pyridine rings is 1. The first-order valence-electron chi connectivity index (χ1n) is 9.34. The minimum atomic E-state index is 1.07. The summed E-state index contributed by atoms with van der Waals surface area (Å²) >= 11 is 1.86. The molecule has 0 atom stereocenters. The first kappa shape index (κ1) is 16.5. The average Bonchev–Trinajstić information content (AvgIpc) is 3.08. The third-order valence-corrected chi connectivity index (χ3v) is 7.13. The van der Waals surface area contributed by atoms with Crippen LogP contribution in [0.5, 0.6) is 0 Å². The second-order valence-electron chi connectivity index (χ2n) is 7.40. The minimum Gasteiger partial charge on any atom is -0.246 e. The summed E-state index contributed by atoms with van der Waals surface area (Å²) in [4.78, 5) is 5.15. The van der Waals surface area contributed by atoms with E-state index in [2.05, 4.69) is 82.3 Å². The van der Waals surface area contributed by atoms with Gasteiger partial charge in [0.2, 0.25) is 0 Å². The molecule has 0 bridgehead atoms. The zero-order valence-electron chi connectivity index (χ0n) is 16.1.